The van der Waals surface area contributed by atoms with E-state index in [9.17, 15) is 9.59 Å². The van der Waals surface area contributed by atoms with E-state index >= 15 is 0 Å². The molecule has 0 radical (unpaired) electrons. The van der Waals surface area contributed by atoms with E-state index in [1.54, 1.807) is 32.9 Å². The number of hydrogen-bond acceptors (Lipinski definition) is 7. The number of aromatic nitrogens is 1. The fraction of sp³-hybridized carbons (Fsp3) is 0.303. The van der Waals surface area contributed by atoms with E-state index in [-0.39, 0.29) is 13.1 Å². The first-order valence-corrected chi connectivity index (χ1v) is 13.5. The zero-order chi connectivity index (χ0) is 29.4. The molecule has 4 rings (SSSR count). The first-order chi connectivity index (χ1) is 19.6. The van der Waals surface area contributed by atoms with E-state index in [0.29, 0.717) is 30.4 Å². The molecule has 4 aromatic rings. The molecule has 0 aliphatic heterocycles. The fourth-order valence-electron chi connectivity index (χ4n) is 4.07. The summed E-state index contributed by atoms with van der Waals surface area (Å²) in [6.07, 6.45) is -0.0817. The number of benzene rings is 3. The molecule has 0 unspecified atom stereocenters. The van der Waals surface area contributed by atoms with E-state index in [4.69, 9.17) is 18.6 Å². The average molecular weight is 557 g/mol. The standard InChI is InChI=1S/C33H36N2O6/c1-23-14-16-27(17-15-23)40-32(37)35(22-30(36)41-33(3,4)5)21-25-10-9-13-28(20-25)38-19-18-29-24(2)39-31(34-29)26-11-7-6-8-12-26/h6-17,20H,18-19,21-22H2,1-5H3. The molecule has 0 aliphatic rings. The Hall–Kier alpha value is -4.59. The SMILES string of the molecule is Cc1ccc(OC(=O)N(CC(=O)OC(C)(C)C)Cc2cccc(OCCc3nc(-c4ccccc4)oc3C)c2)cc1. The summed E-state index contributed by atoms with van der Waals surface area (Å²) in [5, 5.41) is 0. The van der Waals surface area contributed by atoms with Crippen LogP contribution in [0.4, 0.5) is 4.79 Å². The topological polar surface area (TPSA) is 91.1 Å². The summed E-state index contributed by atoms with van der Waals surface area (Å²) in [4.78, 5) is 31.7. The van der Waals surface area contributed by atoms with E-state index < -0.39 is 17.7 Å². The Labute approximate surface area is 240 Å². The molecular weight excluding hydrogens is 520 g/mol. The summed E-state index contributed by atoms with van der Waals surface area (Å²) < 4.78 is 22.9. The number of rotatable bonds is 10. The van der Waals surface area contributed by atoms with Gasteiger partial charge in [-0.25, -0.2) is 9.78 Å². The molecule has 0 atom stereocenters. The number of carbonyl (C=O) groups excluding carboxylic acids is 2. The minimum absolute atomic E-state index is 0.129. The van der Waals surface area contributed by atoms with Gasteiger partial charge < -0.3 is 18.6 Å². The first kappa shape index (κ1) is 29.4. The van der Waals surface area contributed by atoms with Crippen LogP contribution in [0.5, 0.6) is 11.5 Å². The van der Waals surface area contributed by atoms with Crippen LogP contribution in [0.1, 0.15) is 43.4 Å². The summed E-state index contributed by atoms with van der Waals surface area (Å²) in [5.41, 5.74) is 2.90. The lowest BCUT2D eigenvalue weighted by Gasteiger charge is -2.25. The summed E-state index contributed by atoms with van der Waals surface area (Å²) in [6.45, 7) is 9.44. The maximum atomic E-state index is 13.1. The molecule has 8 nitrogen and oxygen atoms in total. The summed E-state index contributed by atoms with van der Waals surface area (Å²) in [5.74, 6) is 1.85. The molecule has 0 bridgehead atoms. The number of aryl methyl sites for hydroxylation is 2. The minimum atomic E-state index is -0.679. The van der Waals surface area contributed by atoms with Crippen LogP contribution in [0.3, 0.4) is 0 Å². The lowest BCUT2D eigenvalue weighted by molar-refractivity contribution is -0.155. The quantitative estimate of drug-likeness (QED) is 0.196. The third kappa shape index (κ3) is 8.96. The van der Waals surface area contributed by atoms with Crippen molar-refractivity contribution in [2.45, 2.75) is 53.2 Å². The number of oxazole rings is 1. The molecular formula is C33H36N2O6. The lowest BCUT2D eigenvalue weighted by Crippen LogP contribution is -2.39. The maximum absolute atomic E-state index is 13.1. The van der Waals surface area contributed by atoms with Crippen LogP contribution in [0.25, 0.3) is 11.5 Å². The van der Waals surface area contributed by atoms with Gasteiger partial charge in [0, 0.05) is 18.5 Å². The molecule has 0 fully saturated rings. The van der Waals surface area contributed by atoms with Crippen LogP contribution in [0.2, 0.25) is 0 Å². The van der Waals surface area contributed by atoms with Gasteiger partial charge in [0.05, 0.1) is 12.3 Å². The van der Waals surface area contributed by atoms with Crippen LogP contribution in [-0.2, 0) is 22.5 Å². The fourth-order valence-corrected chi connectivity index (χ4v) is 4.07. The van der Waals surface area contributed by atoms with Gasteiger partial charge in [-0.2, -0.15) is 0 Å². The van der Waals surface area contributed by atoms with Crippen LogP contribution < -0.4 is 9.47 Å². The van der Waals surface area contributed by atoms with E-state index in [2.05, 4.69) is 4.98 Å². The second-order valence-electron chi connectivity index (χ2n) is 10.8. The Balaban J connectivity index is 1.41. The lowest BCUT2D eigenvalue weighted by atomic mass is 10.2. The number of esters is 1. The molecule has 214 valence electrons. The van der Waals surface area contributed by atoms with E-state index in [1.807, 2.05) is 80.6 Å². The van der Waals surface area contributed by atoms with Crippen molar-refractivity contribution in [1.82, 2.24) is 9.88 Å². The molecule has 0 saturated heterocycles. The van der Waals surface area contributed by atoms with Gasteiger partial charge in [0.25, 0.3) is 0 Å². The Morgan fingerprint density at radius 2 is 1.63 bits per heavy atom. The van der Waals surface area contributed by atoms with Crippen molar-refractivity contribution in [3.63, 3.8) is 0 Å². The molecule has 8 heteroatoms. The Morgan fingerprint density at radius 1 is 0.902 bits per heavy atom. The van der Waals surface area contributed by atoms with Gasteiger partial charge in [-0.15, -0.1) is 0 Å². The maximum Gasteiger partial charge on any atom is 0.416 e. The molecule has 0 saturated carbocycles. The predicted octanol–water partition coefficient (Wildman–Crippen LogP) is 6.92. The Bertz CT molecular complexity index is 1460. The number of hydrogen-bond donors (Lipinski definition) is 0. The predicted molar refractivity (Wildman–Crippen MR) is 156 cm³/mol. The molecule has 0 spiro atoms. The van der Waals surface area contributed by atoms with E-state index in [1.165, 1.54) is 4.90 Å². The third-order valence-electron chi connectivity index (χ3n) is 6.02. The highest BCUT2D eigenvalue weighted by atomic mass is 16.6. The van der Waals surface area contributed by atoms with Gasteiger partial charge in [0.1, 0.15) is 29.4 Å². The van der Waals surface area contributed by atoms with Crippen molar-refractivity contribution in [2.24, 2.45) is 0 Å². The summed E-state index contributed by atoms with van der Waals surface area (Å²) in [6, 6.07) is 24.3. The second-order valence-corrected chi connectivity index (χ2v) is 10.8. The van der Waals surface area contributed by atoms with E-state index in [0.717, 1.165) is 28.1 Å². The van der Waals surface area contributed by atoms with Crippen LogP contribution in [-0.4, -0.2) is 40.7 Å². The molecule has 1 amide bonds. The molecule has 0 aliphatic carbocycles. The highest BCUT2D eigenvalue weighted by Crippen LogP contribution is 2.23. The van der Waals surface area contributed by atoms with Gasteiger partial charge in [0.2, 0.25) is 5.89 Å². The van der Waals surface area contributed by atoms with Crippen molar-refractivity contribution >= 4 is 12.1 Å². The molecule has 0 N–H and O–H groups in total. The smallest absolute Gasteiger partial charge is 0.416 e. The zero-order valence-corrected chi connectivity index (χ0v) is 24.2. The van der Waals surface area contributed by atoms with Gasteiger partial charge in [-0.1, -0.05) is 48.0 Å². The van der Waals surface area contributed by atoms with Gasteiger partial charge >= 0.3 is 12.1 Å². The van der Waals surface area contributed by atoms with Crippen LogP contribution in [0.15, 0.2) is 83.3 Å². The number of carbonyl (C=O) groups is 2. The molecule has 41 heavy (non-hydrogen) atoms. The average Bonchev–Trinajstić information content (AvgIpc) is 3.29. The van der Waals surface area contributed by atoms with Gasteiger partial charge in [-0.05, 0) is 76.6 Å². The number of nitrogens with zero attached hydrogens (tertiary/aromatic N) is 2. The van der Waals surface area contributed by atoms with Crippen LogP contribution >= 0.6 is 0 Å². The van der Waals surface area contributed by atoms with Crippen molar-refractivity contribution in [1.29, 1.82) is 0 Å². The Morgan fingerprint density at radius 3 is 2.34 bits per heavy atom. The number of amides is 1. The normalized spacial score (nSPS) is 11.1. The second kappa shape index (κ2) is 13.2. The van der Waals surface area contributed by atoms with Crippen molar-refractivity contribution in [3.05, 3.63) is 101 Å². The van der Waals surface area contributed by atoms with Gasteiger partial charge in [0.15, 0.2) is 0 Å². The molecule has 1 heterocycles. The van der Waals surface area contributed by atoms with Crippen LogP contribution in [0, 0.1) is 13.8 Å². The molecule has 3 aromatic carbocycles. The zero-order valence-electron chi connectivity index (χ0n) is 24.2. The van der Waals surface area contributed by atoms with Gasteiger partial charge in [-0.3, -0.25) is 9.69 Å². The largest absolute Gasteiger partial charge is 0.493 e. The summed E-state index contributed by atoms with van der Waals surface area (Å²) in [7, 11) is 0. The summed E-state index contributed by atoms with van der Waals surface area (Å²) >= 11 is 0. The monoisotopic (exact) mass is 556 g/mol. The highest BCUT2D eigenvalue weighted by Gasteiger charge is 2.24. The highest BCUT2D eigenvalue weighted by molar-refractivity contribution is 5.79. The van der Waals surface area contributed by atoms with Crippen molar-refractivity contribution < 1.29 is 28.2 Å². The Kier molecular flexibility index (Phi) is 9.45. The number of ether oxygens (including phenoxy) is 3. The molecule has 1 aromatic heterocycles. The third-order valence-corrected chi connectivity index (χ3v) is 6.02. The van der Waals surface area contributed by atoms with Crippen molar-refractivity contribution in [2.75, 3.05) is 13.2 Å². The first-order valence-electron chi connectivity index (χ1n) is 13.5. The van der Waals surface area contributed by atoms with Crippen molar-refractivity contribution in [3.8, 4) is 23.0 Å². The minimum Gasteiger partial charge on any atom is -0.493 e.